The van der Waals surface area contributed by atoms with Gasteiger partial charge in [0.15, 0.2) is 0 Å². The second-order valence-corrected chi connectivity index (χ2v) is 6.76. The van der Waals surface area contributed by atoms with E-state index < -0.39 is 0 Å². The molecule has 1 aliphatic heterocycles. The minimum Gasteiger partial charge on any atom is -0.338 e. The number of thiophene rings is 1. The maximum atomic E-state index is 6.02. The van der Waals surface area contributed by atoms with Gasteiger partial charge in [-0.05, 0) is 33.4 Å². The molecule has 0 bridgehead atoms. The Bertz CT molecular complexity index is 568. The van der Waals surface area contributed by atoms with Crippen molar-refractivity contribution in [2.75, 3.05) is 37.6 Å². The third kappa shape index (κ3) is 3.26. The van der Waals surface area contributed by atoms with Crippen LogP contribution in [0.2, 0.25) is 0 Å². The van der Waals surface area contributed by atoms with Gasteiger partial charge >= 0.3 is 0 Å². The Morgan fingerprint density at radius 1 is 1.24 bits per heavy atom. The second kappa shape index (κ2) is 6.83. The summed E-state index contributed by atoms with van der Waals surface area (Å²) in [6.45, 7) is 4.46. The molecular formula is C14H18BrN5S. The molecule has 0 aliphatic carbocycles. The van der Waals surface area contributed by atoms with Gasteiger partial charge in [-0.3, -0.25) is 4.90 Å². The largest absolute Gasteiger partial charge is 0.338 e. The highest BCUT2D eigenvalue weighted by Crippen LogP contribution is 2.32. The first-order valence-electron chi connectivity index (χ1n) is 6.98. The number of rotatable bonds is 4. The summed E-state index contributed by atoms with van der Waals surface area (Å²) in [5.41, 5.74) is 6.02. The SMILES string of the molecule is NCC(c1sccc1Br)N1CCN(c2ncccn2)CC1. The zero-order valence-corrected chi connectivity index (χ0v) is 14.1. The third-order valence-corrected chi connectivity index (χ3v) is 5.73. The first-order chi connectivity index (χ1) is 10.3. The van der Waals surface area contributed by atoms with Gasteiger partial charge in [-0.2, -0.15) is 0 Å². The molecule has 1 atom stereocenters. The van der Waals surface area contributed by atoms with Gasteiger partial charge < -0.3 is 10.6 Å². The van der Waals surface area contributed by atoms with Gasteiger partial charge in [0.1, 0.15) is 0 Å². The predicted octanol–water partition coefficient (Wildman–Crippen LogP) is 2.12. The van der Waals surface area contributed by atoms with Gasteiger partial charge in [-0.25, -0.2) is 9.97 Å². The van der Waals surface area contributed by atoms with Gasteiger partial charge in [0, 0.05) is 54.5 Å². The number of aromatic nitrogens is 2. The van der Waals surface area contributed by atoms with Gasteiger partial charge in [-0.15, -0.1) is 11.3 Å². The standard InChI is InChI=1S/C14H18BrN5S/c15-11-2-9-21-13(11)12(10-16)19-5-7-20(8-6-19)14-17-3-1-4-18-14/h1-4,9,12H,5-8,10,16H2. The van der Waals surface area contributed by atoms with E-state index in [1.807, 2.05) is 6.07 Å². The van der Waals surface area contributed by atoms with Crippen molar-refractivity contribution >= 4 is 33.2 Å². The number of piperazine rings is 1. The minimum atomic E-state index is 0.290. The lowest BCUT2D eigenvalue weighted by atomic mass is 10.1. The highest BCUT2D eigenvalue weighted by molar-refractivity contribution is 9.10. The van der Waals surface area contributed by atoms with Crippen molar-refractivity contribution in [1.29, 1.82) is 0 Å². The lowest BCUT2D eigenvalue weighted by molar-refractivity contribution is 0.191. The first kappa shape index (κ1) is 14.9. The van der Waals surface area contributed by atoms with Crippen LogP contribution >= 0.6 is 27.3 Å². The maximum absolute atomic E-state index is 6.02. The van der Waals surface area contributed by atoms with Crippen LogP contribution in [0.3, 0.4) is 0 Å². The monoisotopic (exact) mass is 367 g/mol. The van der Waals surface area contributed by atoms with Gasteiger partial charge in [0.05, 0.1) is 6.04 Å². The number of nitrogens with two attached hydrogens (primary N) is 1. The fourth-order valence-corrected chi connectivity index (χ4v) is 4.44. The van der Waals surface area contributed by atoms with E-state index >= 15 is 0 Å². The number of hydrogen-bond donors (Lipinski definition) is 1. The van der Waals surface area contributed by atoms with E-state index in [4.69, 9.17) is 5.73 Å². The smallest absolute Gasteiger partial charge is 0.225 e. The minimum absolute atomic E-state index is 0.290. The highest BCUT2D eigenvalue weighted by Gasteiger charge is 2.26. The molecule has 1 unspecified atom stereocenters. The van der Waals surface area contributed by atoms with E-state index in [1.165, 1.54) is 4.88 Å². The summed E-state index contributed by atoms with van der Waals surface area (Å²) in [7, 11) is 0. The summed E-state index contributed by atoms with van der Waals surface area (Å²) in [5.74, 6) is 0.818. The summed E-state index contributed by atoms with van der Waals surface area (Å²) >= 11 is 5.39. The van der Waals surface area contributed by atoms with E-state index in [-0.39, 0.29) is 0 Å². The van der Waals surface area contributed by atoms with Crippen molar-refractivity contribution in [3.8, 4) is 0 Å². The lowest BCUT2D eigenvalue weighted by Gasteiger charge is -2.38. The summed E-state index contributed by atoms with van der Waals surface area (Å²) in [5, 5.41) is 2.11. The van der Waals surface area contributed by atoms with Crippen LogP contribution in [0.25, 0.3) is 0 Å². The van der Waals surface area contributed by atoms with Crippen LogP contribution in [0.15, 0.2) is 34.4 Å². The van der Waals surface area contributed by atoms with Crippen molar-refractivity contribution in [2.45, 2.75) is 6.04 Å². The Morgan fingerprint density at radius 2 is 1.95 bits per heavy atom. The third-order valence-electron chi connectivity index (χ3n) is 3.76. The van der Waals surface area contributed by atoms with E-state index in [9.17, 15) is 0 Å². The normalized spacial score (nSPS) is 17.9. The van der Waals surface area contributed by atoms with Crippen molar-refractivity contribution in [1.82, 2.24) is 14.9 Å². The molecule has 2 aromatic rings. The van der Waals surface area contributed by atoms with Crippen LogP contribution in [0.1, 0.15) is 10.9 Å². The average Bonchev–Trinajstić information content (AvgIpc) is 2.96. The molecule has 3 rings (SSSR count). The van der Waals surface area contributed by atoms with Crippen LogP contribution in [0.4, 0.5) is 5.95 Å². The Balaban J connectivity index is 1.66. The lowest BCUT2D eigenvalue weighted by Crippen LogP contribution is -2.49. The van der Waals surface area contributed by atoms with Crippen LogP contribution in [0.5, 0.6) is 0 Å². The van der Waals surface area contributed by atoms with Crippen molar-refractivity contribution in [2.24, 2.45) is 5.73 Å². The fraction of sp³-hybridized carbons (Fsp3) is 0.429. The molecule has 1 fully saturated rings. The van der Waals surface area contributed by atoms with Crippen LogP contribution < -0.4 is 10.6 Å². The van der Waals surface area contributed by atoms with E-state index in [1.54, 1.807) is 23.7 Å². The molecule has 112 valence electrons. The molecule has 1 aliphatic rings. The first-order valence-corrected chi connectivity index (χ1v) is 8.66. The van der Waals surface area contributed by atoms with E-state index in [2.05, 4.69) is 47.1 Å². The van der Waals surface area contributed by atoms with Crippen LogP contribution in [0, 0.1) is 0 Å². The summed E-state index contributed by atoms with van der Waals surface area (Å²) in [6.07, 6.45) is 3.58. The molecule has 3 heterocycles. The molecule has 5 nitrogen and oxygen atoms in total. The Morgan fingerprint density at radius 3 is 2.52 bits per heavy atom. The topological polar surface area (TPSA) is 58.3 Å². The number of nitrogens with zero attached hydrogens (tertiary/aromatic N) is 4. The highest BCUT2D eigenvalue weighted by atomic mass is 79.9. The fourth-order valence-electron chi connectivity index (χ4n) is 2.65. The predicted molar refractivity (Wildman–Crippen MR) is 89.6 cm³/mol. The van der Waals surface area contributed by atoms with E-state index in [0.717, 1.165) is 36.6 Å². The van der Waals surface area contributed by atoms with Crippen molar-refractivity contribution in [3.05, 3.63) is 39.3 Å². The molecule has 0 saturated carbocycles. The molecule has 0 aromatic carbocycles. The Kier molecular flexibility index (Phi) is 4.84. The number of anilines is 1. The summed E-state index contributed by atoms with van der Waals surface area (Å²) in [4.78, 5) is 14.7. The number of hydrogen-bond acceptors (Lipinski definition) is 6. The maximum Gasteiger partial charge on any atom is 0.225 e. The van der Waals surface area contributed by atoms with Crippen LogP contribution in [-0.2, 0) is 0 Å². The Labute approximate surface area is 136 Å². The average molecular weight is 368 g/mol. The molecule has 0 radical (unpaired) electrons. The van der Waals surface area contributed by atoms with Crippen LogP contribution in [-0.4, -0.2) is 47.6 Å². The summed E-state index contributed by atoms with van der Waals surface area (Å²) < 4.78 is 1.16. The molecular weight excluding hydrogens is 350 g/mol. The van der Waals surface area contributed by atoms with E-state index in [0.29, 0.717) is 12.6 Å². The Hall–Kier alpha value is -1.02. The van der Waals surface area contributed by atoms with Gasteiger partial charge in [-0.1, -0.05) is 0 Å². The summed E-state index contributed by atoms with van der Waals surface area (Å²) in [6, 6.07) is 4.23. The van der Waals surface area contributed by atoms with Gasteiger partial charge in [0.25, 0.3) is 0 Å². The second-order valence-electron chi connectivity index (χ2n) is 4.96. The molecule has 0 amide bonds. The van der Waals surface area contributed by atoms with Crippen molar-refractivity contribution in [3.63, 3.8) is 0 Å². The zero-order chi connectivity index (χ0) is 14.7. The molecule has 1 saturated heterocycles. The molecule has 0 spiro atoms. The molecule has 7 heteroatoms. The molecule has 21 heavy (non-hydrogen) atoms. The molecule has 2 aromatic heterocycles. The number of halogens is 1. The quantitative estimate of drug-likeness (QED) is 0.896. The zero-order valence-electron chi connectivity index (χ0n) is 11.7. The van der Waals surface area contributed by atoms with Gasteiger partial charge in [0.2, 0.25) is 5.95 Å². The molecule has 2 N–H and O–H groups in total. The van der Waals surface area contributed by atoms with Crippen molar-refractivity contribution < 1.29 is 0 Å².